The smallest absolute Gasteiger partial charge is 0.126 e. The van der Waals surface area contributed by atoms with Gasteiger partial charge >= 0.3 is 0 Å². The molecule has 2 aromatic carbocycles. The van der Waals surface area contributed by atoms with Crippen LogP contribution in [0, 0.1) is 18.6 Å². The summed E-state index contributed by atoms with van der Waals surface area (Å²) in [5.41, 5.74) is 2.67. The van der Waals surface area contributed by atoms with E-state index in [2.05, 4.69) is 12.2 Å². The van der Waals surface area contributed by atoms with Crippen molar-refractivity contribution in [3.05, 3.63) is 70.8 Å². The van der Waals surface area contributed by atoms with Crippen LogP contribution in [0.1, 0.15) is 36.6 Å². The van der Waals surface area contributed by atoms with E-state index in [-0.39, 0.29) is 23.7 Å². The molecule has 2 aromatic rings. The Labute approximate surface area is 125 Å². The van der Waals surface area contributed by atoms with Gasteiger partial charge in [-0.1, -0.05) is 24.3 Å². The molecule has 0 aliphatic rings. The van der Waals surface area contributed by atoms with Gasteiger partial charge in [-0.3, -0.25) is 0 Å². The fourth-order valence-electron chi connectivity index (χ4n) is 2.43. The molecule has 0 amide bonds. The van der Waals surface area contributed by atoms with E-state index in [1.54, 1.807) is 31.2 Å². The van der Waals surface area contributed by atoms with Gasteiger partial charge < -0.3 is 5.32 Å². The zero-order valence-electron chi connectivity index (χ0n) is 12.7. The predicted octanol–water partition coefficient (Wildman–Crippen LogP) is 4.56. The third kappa shape index (κ3) is 4.36. The van der Waals surface area contributed by atoms with Crippen LogP contribution in [0.2, 0.25) is 0 Å². The van der Waals surface area contributed by atoms with Crippen LogP contribution in [0.25, 0.3) is 0 Å². The van der Waals surface area contributed by atoms with Crippen molar-refractivity contribution in [2.75, 3.05) is 0 Å². The molecular weight excluding hydrogens is 268 g/mol. The van der Waals surface area contributed by atoms with E-state index in [0.717, 1.165) is 17.5 Å². The molecule has 21 heavy (non-hydrogen) atoms. The van der Waals surface area contributed by atoms with Crippen LogP contribution in [0.4, 0.5) is 8.78 Å². The quantitative estimate of drug-likeness (QED) is 0.851. The van der Waals surface area contributed by atoms with Crippen molar-refractivity contribution in [1.82, 2.24) is 5.32 Å². The van der Waals surface area contributed by atoms with Gasteiger partial charge in [0.15, 0.2) is 0 Å². The lowest BCUT2D eigenvalue weighted by molar-refractivity contribution is 0.474. The summed E-state index contributed by atoms with van der Waals surface area (Å²) >= 11 is 0. The fourth-order valence-corrected chi connectivity index (χ4v) is 2.43. The zero-order valence-corrected chi connectivity index (χ0v) is 12.7. The second-order valence-corrected chi connectivity index (χ2v) is 5.63. The normalized spacial score (nSPS) is 14.0. The number of hydrogen-bond acceptors (Lipinski definition) is 1. The Bertz CT molecular complexity index is 593. The first kappa shape index (κ1) is 15.6. The third-order valence-corrected chi connectivity index (χ3v) is 3.69. The fraction of sp³-hybridized carbons (Fsp3) is 0.333. The van der Waals surface area contributed by atoms with Crippen molar-refractivity contribution in [1.29, 1.82) is 0 Å². The first-order chi connectivity index (χ1) is 9.95. The zero-order chi connectivity index (χ0) is 15.4. The van der Waals surface area contributed by atoms with Gasteiger partial charge in [-0.05, 0) is 62.1 Å². The molecule has 1 N–H and O–H groups in total. The lowest BCUT2D eigenvalue weighted by atomic mass is 10.0. The van der Waals surface area contributed by atoms with E-state index >= 15 is 0 Å². The molecule has 0 fully saturated rings. The molecule has 2 unspecified atom stereocenters. The van der Waals surface area contributed by atoms with Crippen LogP contribution in [0.5, 0.6) is 0 Å². The molecular formula is C18H21F2N. The summed E-state index contributed by atoms with van der Waals surface area (Å²) in [6.07, 6.45) is 0.805. The summed E-state index contributed by atoms with van der Waals surface area (Å²) in [7, 11) is 0. The molecule has 0 radical (unpaired) electrons. The first-order valence-corrected chi connectivity index (χ1v) is 7.22. The Morgan fingerprint density at radius 3 is 2.29 bits per heavy atom. The van der Waals surface area contributed by atoms with Crippen LogP contribution in [-0.4, -0.2) is 6.04 Å². The molecule has 112 valence electrons. The Morgan fingerprint density at radius 1 is 1.00 bits per heavy atom. The van der Waals surface area contributed by atoms with E-state index < -0.39 is 0 Å². The van der Waals surface area contributed by atoms with E-state index in [1.807, 2.05) is 13.0 Å². The number of nitrogens with one attached hydrogen (secondary N) is 1. The van der Waals surface area contributed by atoms with E-state index in [1.165, 1.54) is 12.1 Å². The number of rotatable bonds is 5. The monoisotopic (exact) mass is 289 g/mol. The molecule has 1 nitrogen and oxygen atoms in total. The Balaban J connectivity index is 1.96. The highest BCUT2D eigenvalue weighted by molar-refractivity contribution is 5.25. The summed E-state index contributed by atoms with van der Waals surface area (Å²) in [6, 6.07) is 12.1. The van der Waals surface area contributed by atoms with Gasteiger partial charge in [-0.25, -0.2) is 8.78 Å². The molecule has 3 heteroatoms. The summed E-state index contributed by atoms with van der Waals surface area (Å²) < 4.78 is 26.5. The lowest BCUT2D eigenvalue weighted by Crippen LogP contribution is -2.30. The first-order valence-electron chi connectivity index (χ1n) is 7.22. The van der Waals surface area contributed by atoms with Crippen LogP contribution in [-0.2, 0) is 6.42 Å². The summed E-state index contributed by atoms with van der Waals surface area (Å²) in [5, 5.41) is 3.45. The molecule has 0 aliphatic carbocycles. The minimum atomic E-state index is -0.220. The topological polar surface area (TPSA) is 12.0 Å². The van der Waals surface area contributed by atoms with Gasteiger partial charge in [0.1, 0.15) is 11.6 Å². The average molecular weight is 289 g/mol. The number of benzene rings is 2. The minimum absolute atomic E-state index is 0.0653. The van der Waals surface area contributed by atoms with E-state index in [0.29, 0.717) is 5.56 Å². The van der Waals surface area contributed by atoms with Crippen LogP contribution >= 0.6 is 0 Å². The molecule has 2 atom stereocenters. The largest absolute Gasteiger partial charge is 0.307 e. The van der Waals surface area contributed by atoms with Gasteiger partial charge in [0, 0.05) is 12.1 Å². The maximum Gasteiger partial charge on any atom is 0.126 e. The Kier molecular flexibility index (Phi) is 5.07. The lowest BCUT2D eigenvalue weighted by Gasteiger charge is -2.21. The van der Waals surface area contributed by atoms with Crippen molar-refractivity contribution in [2.45, 2.75) is 39.3 Å². The minimum Gasteiger partial charge on any atom is -0.307 e. The van der Waals surface area contributed by atoms with Gasteiger partial charge in [-0.15, -0.1) is 0 Å². The standard InChI is InChI=1S/C18H21F2N/c1-12-4-7-16(11-18(12)20)14(3)21-13(2)10-15-5-8-17(19)9-6-15/h4-9,11,13-14,21H,10H2,1-3H3. The molecule has 0 heterocycles. The molecule has 0 aliphatic heterocycles. The summed E-state index contributed by atoms with van der Waals surface area (Å²) in [4.78, 5) is 0. The van der Waals surface area contributed by atoms with E-state index in [4.69, 9.17) is 0 Å². The van der Waals surface area contributed by atoms with Crippen LogP contribution < -0.4 is 5.32 Å². The number of aryl methyl sites for hydroxylation is 1. The third-order valence-electron chi connectivity index (χ3n) is 3.69. The van der Waals surface area contributed by atoms with E-state index in [9.17, 15) is 8.78 Å². The maximum atomic E-state index is 13.6. The van der Waals surface area contributed by atoms with Crippen molar-refractivity contribution in [2.24, 2.45) is 0 Å². The molecule has 2 rings (SSSR count). The Hall–Kier alpha value is -1.74. The SMILES string of the molecule is Cc1ccc(C(C)NC(C)Cc2ccc(F)cc2)cc1F. The second-order valence-electron chi connectivity index (χ2n) is 5.63. The summed E-state index contributed by atoms with van der Waals surface area (Å²) in [5.74, 6) is -0.393. The summed E-state index contributed by atoms with van der Waals surface area (Å²) in [6.45, 7) is 5.85. The van der Waals surface area contributed by atoms with Gasteiger partial charge in [0.05, 0.1) is 0 Å². The average Bonchev–Trinajstić information content (AvgIpc) is 2.44. The molecule has 0 saturated heterocycles. The van der Waals surface area contributed by atoms with Gasteiger partial charge in [0.25, 0.3) is 0 Å². The van der Waals surface area contributed by atoms with Crippen LogP contribution in [0.15, 0.2) is 42.5 Å². The van der Waals surface area contributed by atoms with Gasteiger partial charge in [-0.2, -0.15) is 0 Å². The van der Waals surface area contributed by atoms with Crippen molar-refractivity contribution < 1.29 is 8.78 Å². The van der Waals surface area contributed by atoms with Gasteiger partial charge in [0.2, 0.25) is 0 Å². The van der Waals surface area contributed by atoms with Crippen molar-refractivity contribution in [3.63, 3.8) is 0 Å². The predicted molar refractivity (Wildman–Crippen MR) is 82.3 cm³/mol. The number of halogens is 2. The molecule has 0 bridgehead atoms. The molecule has 0 saturated carbocycles. The number of hydrogen-bond donors (Lipinski definition) is 1. The van der Waals surface area contributed by atoms with Crippen molar-refractivity contribution in [3.8, 4) is 0 Å². The molecule has 0 spiro atoms. The molecule has 0 aromatic heterocycles. The second kappa shape index (κ2) is 6.81. The Morgan fingerprint density at radius 2 is 1.67 bits per heavy atom. The van der Waals surface area contributed by atoms with Crippen molar-refractivity contribution >= 4 is 0 Å². The van der Waals surface area contributed by atoms with Crippen LogP contribution in [0.3, 0.4) is 0 Å². The highest BCUT2D eigenvalue weighted by atomic mass is 19.1. The maximum absolute atomic E-state index is 13.6. The highest BCUT2D eigenvalue weighted by Crippen LogP contribution is 2.17. The highest BCUT2D eigenvalue weighted by Gasteiger charge is 2.11.